The van der Waals surface area contributed by atoms with Crippen molar-refractivity contribution < 1.29 is 18.4 Å². The average Bonchev–Trinajstić information content (AvgIpc) is 2.76. The normalized spacial score (nSPS) is 17.2. The Morgan fingerprint density at radius 1 is 0.733 bits per heavy atom. The Morgan fingerprint density at radius 2 is 1.07 bits per heavy atom. The highest BCUT2D eigenvalue weighted by molar-refractivity contribution is 5.95. The van der Waals surface area contributed by atoms with Crippen LogP contribution in [0.5, 0.6) is 0 Å². The molecule has 1 fully saturated rings. The predicted octanol–water partition coefficient (Wildman–Crippen LogP) is 2.94. The van der Waals surface area contributed by atoms with Gasteiger partial charge in [0.1, 0.15) is 11.6 Å². The molecule has 160 valence electrons. The van der Waals surface area contributed by atoms with Crippen LogP contribution in [0.25, 0.3) is 0 Å². The molecule has 0 saturated carbocycles. The molecular weight excluding hydrogens is 390 g/mol. The van der Waals surface area contributed by atoms with Crippen LogP contribution in [0.2, 0.25) is 0 Å². The van der Waals surface area contributed by atoms with E-state index in [4.69, 9.17) is 0 Å². The smallest absolute Gasteiger partial charge is 0.241 e. The maximum atomic E-state index is 13.8. The van der Waals surface area contributed by atoms with E-state index in [-0.39, 0.29) is 23.2 Å². The minimum Gasteiger partial charge on any atom is -0.322 e. The van der Waals surface area contributed by atoms with Crippen molar-refractivity contribution in [2.45, 2.75) is 25.9 Å². The Bertz CT molecular complexity index is 827. The van der Waals surface area contributed by atoms with E-state index in [9.17, 15) is 18.4 Å². The average molecular weight is 416 g/mol. The van der Waals surface area contributed by atoms with Crippen molar-refractivity contribution in [3.63, 3.8) is 0 Å². The van der Waals surface area contributed by atoms with E-state index in [1.54, 1.807) is 38.1 Å². The molecule has 1 aliphatic heterocycles. The zero-order valence-corrected chi connectivity index (χ0v) is 17.1. The predicted molar refractivity (Wildman–Crippen MR) is 112 cm³/mol. The van der Waals surface area contributed by atoms with Gasteiger partial charge in [-0.1, -0.05) is 24.3 Å². The zero-order valence-electron chi connectivity index (χ0n) is 17.1. The van der Waals surface area contributed by atoms with Gasteiger partial charge in [0.2, 0.25) is 11.8 Å². The summed E-state index contributed by atoms with van der Waals surface area (Å²) in [5.41, 5.74) is 0.317. The Morgan fingerprint density at radius 3 is 1.40 bits per heavy atom. The van der Waals surface area contributed by atoms with Crippen molar-refractivity contribution in [1.82, 2.24) is 9.80 Å². The van der Waals surface area contributed by atoms with Gasteiger partial charge in [-0.3, -0.25) is 19.4 Å². The number of anilines is 2. The summed E-state index contributed by atoms with van der Waals surface area (Å²) < 4.78 is 27.5. The summed E-state index contributed by atoms with van der Waals surface area (Å²) >= 11 is 0. The maximum absolute atomic E-state index is 13.8. The standard InChI is InChI=1S/C22H26F2N4O2/c1-15(21(29)25-19-9-5-3-7-17(19)23)27-11-13-28(14-12-27)16(2)22(30)26-20-10-6-4-8-18(20)24/h3-10,15-16H,11-14H2,1-2H3,(H,25,29)(H,26,30). The lowest BCUT2D eigenvalue weighted by Gasteiger charge is -2.39. The van der Waals surface area contributed by atoms with Crippen molar-refractivity contribution in [3.05, 3.63) is 60.2 Å². The van der Waals surface area contributed by atoms with Crippen LogP contribution in [-0.4, -0.2) is 59.9 Å². The molecule has 0 aromatic heterocycles. The molecular formula is C22H26F2N4O2. The Labute approximate surface area is 174 Å². The number of amides is 2. The summed E-state index contributed by atoms with van der Waals surface area (Å²) in [7, 11) is 0. The first kappa shape index (κ1) is 21.9. The Kier molecular flexibility index (Phi) is 7.12. The molecule has 1 heterocycles. The number of para-hydroxylation sites is 2. The fourth-order valence-corrected chi connectivity index (χ4v) is 3.44. The van der Waals surface area contributed by atoms with Gasteiger partial charge in [-0.05, 0) is 38.1 Å². The molecule has 0 aliphatic carbocycles. The summed E-state index contributed by atoms with van der Waals surface area (Å²) in [6, 6.07) is 11.2. The minimum atomic E-state index is -0.474. The molecule has 1 saturated heterocycles. The van der Waals surface area contributed by atoms with Gasteiger partial charge < -0.3 is 10.6 Å². The number of hydrogen-bond acceptors (Lipinski definition) is 4. The number of benzene rings is 2. The van der Waals surface area contributed by atoms with E-state index >= 15 is 0 Å². The van der Waals surface area contributed by atoms with Crippen molar-refractivity contribution in [3.8, 4) is 0 Å². The molecule has 0 spiro atoms. The highest BCUT2D eigenvalue weighted by Gasteiger charge is 2.30. The van der Waals surface area contributed by atoms with Crippen LogP contribution in [0, 0.1) is 11.6 Å². The van der Waals surface area contributed by atoms with Gasteiger partial charge in [-0.15, -0.1) is 0 Å². The zero-order chi connectivity index (χ0) is 21.7. The first-order chi connectivity index (χ1) is 14.4. The number of rotatable bonds is 6. The third-order valence-electron chi connectivity index (χ3n) is 5.47. The minimum absolute atomic E-state index is 0.159. The molecule has 6 nitrogen and oxygen atoms in total. The van der Waals surface area contributed by atoms with Crippen LogP contribution in [0.3, 0.4) is 0 Å². The summed E-state index contributed by atoms with van der Waals surface area (Å²) in [4.78, 5) is 29.0. The third kappa shape index (κ3) is 5.20. The van der Waals surface area contributed by atoms with Crippen LogP contribution < -0.4 is 10.6 Å². The number of nitrogens with zero attached hydrogens (tertiary/aromatic N) is 2. The lowest BCUT2D eigenvalue weighted by atomic mass is 10.1. The van der Waals surface area contributed by atoms with Crippen LogP contribution in [-0.2, 0) is 9.59 Å². The van der Waals surface area contributed by atoms with E-state index in [2.05, 4.69) is 10.6 Å². The van der Waals surface area contributed by atoms with Crippen LogP contribution >= 0.6 is 0 Å². The molecule has 2 amide bonds. The molecule has 0 bridgehead atoms. The molecule has 2 N–H and O–H groups in total. The Balaban J connectivity index is 1.51. The molecule has 2 unspecified atom stereocenters. The van der Waals surface area contributed by atoms with Crippen molar-refractivity contribution in [2.75, 3.05) is 36.8 Å². The van der Waals surface area contributed by atoms with Crippen molar-refractivity contribution in [2.24, 2.45) is 0 Å². The number of carbonyl (C=O) groups excluding carboxylic acids is 2. The molecule has 8 heteroatoms. The number of piperazine rings is 1. The first-order valence-electron chi connectivity index (χ1n) is 9.95. The number of carbonyl (C=O) groups is 2. The summed E-state index contributed by atoms with van der Waals surface area (Å²) in [5.74, 6) is -1.51. The van der Waals surface area contributed by atoms with Crippen LogP contribution in [0.4, 0.5) is 20.2 Å². The maximum Gasteiger partial charge on any atom is 0.241 e. The van der Waals surface area contributed by atoms with E-state index in [0.717, 1.165) is 0 Å². The topological polar surface area (TPSA) is 64.7 Å². The second-order valence-corrected chi connectivity index (χ2v) is 7.36. The monoisotopic (exact) mass is 416 g/mol. The highest BCUT2D eigenvalue weighted by Crippen LogP contribution is 2.17. The first-order valence-corrected chi connectivity index (χ1v) is 9.95. The lowest BCUT2D eigenvalue weighted by molar-refractivity contribution is -0.124. The molecule has 2 atom stereocenters. The SMILES string of the molecule is CC(C(=O)Nc1ccccc1F)N1CCN(C(C)C(=O)Nc2ccccc2F)CC1. The fourth-order valence-electron chi connectivity index (χ4n) is 3.44. The van der Waals surface area contributed by atoms with Gasteiger partial charge in [0.05, 0.1) is 23.5 Å². The quantitative estimate of drug-likeness (QED) is 0.760. The second kappa shape index (κ2) is 9.77. The number of halogens is 2. The van der Waals surface area contributed by atoms with Gasteiger partial charge >= 0.3 is 0 Å². The van der Waals surface area contributed by atoms with Crippen molar-refractivity contribution in [1.29, 1.82) is 0 Å². The van der Waals surface area contributed by atoms with E-state index in [0.29, 0.717) is 26.2 Å². The van der Waals surface area contributed by atoms with E-state index < -0.39 is 23.7 Å². The van der Waals surface area contributed by atoms with Gasteiger partial charge in [0.25, 0.3) is 0 Å². The van der Waals surface area contributed by atoms with Gasteiger partial charge in [0, 0.05) is 26.2 Å². The summed E-state index contributed by atoms with van der Waals surface area (Å²) in [6.45, 7) is 5.90. The van der Waals surface area contributed by atoms with Gasteiger partial charge in [-0.2, -0.15) is 0 Å². The number of hydrogen-bond donors (Lipinski definition) is 2. The van der Waals surface area contributed by atoms with Crippen LogP contribution in [0.15, 0.2) is 48.5 Å². The lowest BCUT2D eigenvalue weighted by Crippen LogP contribution is -2.56. The van der Waals surface area contributed by atoms with E-state index in [1.807, 2.05) is 9.80 Å². The number of nitrogens with one attached hydrogen (secondary N) is 2. The molecule has 2 aromatic rings. The van der Waals surface area contributed by atoms with E-state index in [1.165, 1.54) is 24.3 Å². The molecule has 2 aromatic carbocycles. The van der Waals surface area contributed by atoms with Gasteiger partial charge in [0.15, 0.2) is 0 Å². The molecule has 0 radical (unpaired) electrons. The van der Waals surface area contributed by atoms with Crippen LogP contribution in [0.1, 0.15) is 13.8 Å². The fraction of sp³-hybridized carbons (Fsp3) is 0.364. The van der Waals surface area contributed by atoms with Crippen molar-refractivity contribution >= 4 is 23.2 Å². The molecule has 3 rings (SSSR count). The summed E-state index contributed by atoms with van der Waals surface area (Å²) in [6.07, 6.45) is 0. The largest absolute Gasteiger partial charge is 0.322 e. The molecule has 30 heavy (non-hydrogen) atoms. The highest BCUT2D eigenvalue weighted by atomic mass is 19.1. The third-order valence-corrected chi connectivity index (χ3v) is 5.47. The second-order valence-electron chi connectivity index (χ2n) is 7.36. The summed E-state index contributed by atoms with van der Waals surface area (Å²) in [5, 5.41) is 5.25. The molecule has 1 aliphatic rings. The van der Waals surface area contributed by atoms with Gasteiger partial charge in [-0.25, -0.2) is 8.78 Å². The Hall–Kier alpha value is -2.84.